The van der Waals surface area contributed by atoms with Crippen molar-refractivity contribution in [3.05, 3.63) is 83.9 Å². The average Bonchev–Trinajstić information content (AvgIpc) is 2.68. The molecule has 25 heavy (non-hydrogen) atoms. The first kappa shape index (κ1) is 17.5. The predicted octanol–water partition coefficient (Wildman–Crippen LogP) is 5.53. The van der Waals surface area contributed by atoms with Crippen molar-refractivity contribution < 1.29 is 0 Å². The minimum atomic E-state index is 0.427. The molecule has 0 spiro atoms. The van der Waals surface area contributed by atoms with Crippen molar-refractivity contribution in [2.45, 2.75) is 9.79 Å². The summed E-state index contributed by atoms with van der Waals surface area (Å²) < 4.78 is 3.33. The summed E-state index contributed by atoms with van der Waals surface area (Å²) in [6.45, 7) is 0. The van der Waals surface area contributed by atoms with Crippen LogP contribution in [0.2, 0.25) is 0 Å². The average molecular weight is 366 g/mol. The molecule has 0 amide bonds. The van der Waals surface area contributed by atoms with Crippen molar-refractivity contribution in [2.24, 2.45) is 0 Å². The maximum Gasteiger partial charge on any atom is 0.0705 e. The van der Waals surface area contributed by atoms with Crippen molar-refractivity contribution in [1.82, 2.24) is 0 Å². The Kier molecular flexibility index (Phi) is 5.68. The molecule has 0 aliphatic heterocycles. The molecular weight excluding hydrogens is 346 g/mol. The molecule has 0 heterocycles. The van der Waals surface area contributed by atoms with E-state index >= 15 is 0 Å². The lowest BCUT2D eigenvalue weighted by atomic mass is 10.0. The number of anilines is 2. The molecule has 0 aromatic heterocycles. The highest BCUT2D eigenvalue weighted by Gasteiger charge is 2.09. The first-order chi connectivity index (χ1) is 12.2. The van der Waals surface area contributed by atoms with Crippen LogP contribution in [0, 0.1) is 5.41 Å². The van der Waals surface area contributed by atoms with Gasteiger partial charge in [-0.15, -0.1) is 11.8 Å². The molecule has 3 rings (SSSR count). The van der Waals surface area contributed by atoms with E-state index in [0.717, 1.165) is 21.7 Å². The van der Waals surface area contributed by atoms with Crippen LogP contribution >= 0.6 is 23.7 Å². The minimum absolute atomic E-state index is 0.427. The number of rotatable bonds is 6. The van der Waals surface area contributed by atoms with Crippen LogP contribution < -0.4 is 10.5 Å². The van der Waals surface area contributed by atoms with Gasteiger partial charge in [0.2, 0.25) is 0 Å². The first-order valence-corrected chi connectivity index (χ1v) is 9.82. The number of nitrogens with one attached hydrogen (secondary N) is 2. The number of nitrogen functional groups attached to an aromatic ring is 1. The maximum absolute atomic E-state index is 8.43. The Morgan fingerprint density at radius 2 is 1.60 bits per heavy atom. The van der Waals surface area contributed by atoms with Crippen molar-refractivity contribution in [1.29, 1.82) is 5.41 Å². The maximum atomic E-state index is 8.43. The Hall–Kier alpha value is -2.37. The summed E-state index contributed by atoms with van der Waals surface area (Å²) in [7, 11) is 0. The highest BCUT2D eigenvalue weighted by atomic mass is 32.2. The third-order valence-electron chi connectivity index (χ3n) is 3.73. The van der Waals surface area contributed by atoms with Gasteiger partial charge in [0.05, 0.1) is 5.71 Å². The molecule has 0 aliphatic carbocycles. The van der Waals surface area contributed by atoms with E-state index < -0.39 is 0 Å². The molecule has 0 unspecified atom stereocenters. The lowest BCUT2D eigenvalue weighted by Crippen LogP contribution is -2.06. The molecule has 4 N–H and O–H groups in total. The van der Waals surface area contributed by atoms with Gasteiger partial charge in [-0.05, 0) is 60.7 Å². The van der Waals surface area contributed by atoms with Gasteiger partial charge in [0, 0.05) is 32.3 Å². The van der Waals surface area contributed by atoms with Gasteiger partial charge in [0.25, 0.3) is 0 Å². The Labute approximate surface area is 156 Å². The van der Waals surface area contributed by atoms with E-state index in [2.05, 4.69) is 35.2 Å². The standard InChI is InChI=1S/C20H19N3S2/c1-24-16-8-10-17(11-9-16)25-23-15-7-12-19(21)18(13-15)20(22)14-5-3-2-4-6-14/h2-13,22-23H,21H2,1H3. The summed E-state index contributed by atoms with van der Waals surface area (Å²) in [5.74, 6) is 0. The Balaban J connectivity index is 1.75. The molecule has 0 atom stereocenters. The van der Waals surface area contributed by atoms with Gasteiger partial charge in [-0.2, -0.15) is 0 Å². The molecule has 3 nitrogen and oxygen atoms in total. The van der Waals surface area contributed by atoms with Crippen molar-refractivity contribution in [2.75, 3.05) is 16.7 Å². The molecule has 0 aliphatic rings. The van der Waals surface area contributed by atoms with Gasteiger partial charge in [-0.1, -0.05) is 30.3 Å². The van der Waals surface area contributed by atoms with Gasteiger partial charge in [-0.3, -0.25) is 5.41 Å². The zero-order valence-electron chi connectivity index (χ0n) is 13.8. The highest BCUT2D eigenvalue weighted by molar-refractivity contribution is 8.00. The van der Waals surface area contributed by atoms with E-state index in [4.69, 9.17) is 11.1 Å². The minimum Gasteiger partial charge on any atom is -0.398 e. The quantitative estimate of drug-likeness (QED) is 0.233. The summed E-state index contributed by atoms with van der Waals surface area (Å²) in [6, 6.07) is 23.7. The molecule has 126 valence electrons. The summed E-state index contributed by atoms with van der Waals surface area (Å²) in [5.41, 5.74) is 9.63. The number of nitrogens with two attached hydrogens (primary N) is 1. The summed E-state index contributed by atoms with van der Waals surface area (Å²) >= 11 is 3.27. The van der Waals surface area contributed by atoms with Crippen molar-refractivity contribution in [3.63, 3.8) is 0 Å². The smallest absolute Gasteiger partial charge is 0.0705 e. The van der Waals surface area contributed by atoms with Crippen molar-refractivity contribution in [3.8, 4) is 0 Å². The van der Waals surface area contributed by atoms with Crippen LogP contribution in [0.1, 0.15) is 11.1 Å². The molecule has 0 saturated carbocycles. The van der Waals surface area contributed by atoms with Gasteiger partial charge in [-0.25, -0.2) is 0 Å². The zero-order valence-corrected chi connectivity index (χ0v) is 15.5. The second-order valence-electron chi connectivity index (χ2n) is 5.42. The van der Waals surface area contributed by atoms with E-state index in [9.17, 15) is 0 Å². The fourth-order valence-corrected chi connectivity index (χ4v) is 3.40. The SMILES string of the molecule is CSc1ccc(SNc2ccc(N)c(C(=N)c3ccccc3)c2)cc1. The molecule has 3 aromatic rings. The fraction of sp³-hybridized carbons (Fsp3) is 0.0500. The molecule has 0 fully saturated rings. The Bertz CT molecular complexity index is 862. The van der Waals surface area contributed by atoms with Crippen LogP contribution in [0.25, 0.3) is 0 Å². The van der Waals surface area contributed by atoms with Gasteiger partial charge in [0.15, 0.2) is 0 Å². The van der Waals surface area contributed by atoms with Crippen LogP contribution in [0.5, 0.6) is 0 Å². The summed E-state index contributed by atoms with van der Waals surface area (Å²) in [5, 5.41) is 8.43. The topological polar surface area (TPSA) is 61.9 Å². The summed E-state index contributed by atoms with van der Waals surface area (Å²) in [6.07, 6.45) is 2.07. The predicted molar refractivity (Wildman–Crippen MR) is 111 cm³/mol. The Morgan fingerprint density at radius 1 is 0.920 bits per heavy atom. The largest absolute Gasteiger partial charge is 0.398 e. The lowest BCUT2D eigenvalue weighted by Gasteiger charge is -2.11. The van der Waals surface area contributed by atoms with Crippen LogP contribution in [0.4, 0.5) is 11.4 Å². The van der Waals surface area contributed by atoms with E-state index in [1.54, 1.807) is 23.7 Å². The molecular formula is C20H19N3S2. The Morgan fingerprint density at radius 3 is 2.28 bits per heavy atom. The second-order valence-corrected chi connectivity index (χ2v) is 7.18. The van der Waals surface area contributed by atoms with Gasteiger partial charge >= 0.3 is 0 Å². The van der Waals surface area contributed by atoms with E-state index in [1.165, 1.54) is 4.90 Å². The zero-order chi connectivity index (χ0) is 17.6. The first-order valence-electron chi connectivity index (χ1n) is 7.78. The molecule has 0 saturated heterocycles. The molecule has 0 radical (unpaired) electrons. The van der Waals surface area contributed by atoms with E-state index in [1.807, 2.05) is 48.5 Å². The van der Waals surface area contributed by atoms with Crippen molar-refractivity contribution >= 4 is 40.8 Å². The highest BCUT2D eigenvalue weighted by Crippen LogP contribution is 2.27. The number of benzene rings is 3. The normalized spacial score (nSPS) is 10.4. The fourth-order valence-electron chi connectivity index (χ4n) is 2.36. The van der Waals surface area contributed by atoms with Gasteiger partial charge < -0.3 is 10.5 Å². The number of hydrogen-bond donors (Lipinski definition) is 3. The van der Waals surface area contributed by atoms with Crippen LogP contribution in [-0.4, -0.2) is 12.0 Å². The van der Waals surface area contributed by atoms with Gasteiger partial charge in [0.1, 0.15) is 0 Å². The third kappa shape index (κ3) is 4.38. The molecule has 3 aromatic carbocycles. The van der Waals surface area contributed by atoms with E-state index in [0.29, 0.717) is 11.4 Å². The van der Waals surface area contributed by atoms with E-state index in [-0.39, 0.29) is 0 Å². The van der Waals surface area contributed by atoms with Crippen LogP contribution in [0.3, 0.4) is 0 Å². The number of thioether (sulfide) groups is 1. The second kappa shape index (κ2) is 8.14. The van der Waals surface area contributed by atoms with Crippen LogP contribution in [-0.2, 0) is 0 Å². The third-order valence-corrected chi connectivity index (χ3v) is 5.32. The molecule has 0 bridgehead atoms. The molecule has 5 heteroatoms. The van der Waals surface area contributed by atoms with Crippen LogP contribution in [0.15, 0.2) is 82.6 Å². The monoisotopic (exact) mass is 365 g/mol. The lowest BCUT2D eigenvalue weighted by molar-refractivity contribution is 1.36. The number of hydrogen-bond acceptors (Lipinski definition) is 5. The summed E-state index contributed by atoms with van der Waals surface area (Å²) in [4.78, 5) is 2.38.